The van der Waals surface area contributed by atoms with E-state index in [4.69, 9.17) is 0 Å². The van der Waals surface area contributed by atoms with Crippen molar-refractivity contribution >= 4 is 35.1 Å². The molecule has 17 heavy (non-hydrogen) atoms. The van der Waals surface area contributed by atoms with Gasteiger partial charge in [0, 0.05) is 11.1 Å². The first-order valence-corrected chi connectivity index (χ1v) is 5.77. The van der Waals surface area contributed by atoms with E-state index >= 15 is 0 Å². The number of nitrogens with one attached hydrogen (secondary N) is 2. The van der Waals surface area contributed by atoms with E-state index in [2.05, 4.69) is 21.1 Å². The van der Waals surface area contributed by atoms with E-state index in [1.54, 1.807) is 6.92 Å². The fourth-order valence-electron chi connectivity index (χ4n) is 1.25. The van der Waals surface area contributed by atoms with E-state index in [1.165, 1.54) is 17.6 Å². The minimum Gasteiger partial charge on any atom is -0.272 e. The van der Waals surface area contributed by atoms with Crippen molar-refractivity contribution in [1.82, 2.24) is 10.9 Å². The van der Waals surface area contributed by atoms with E-state index in [-0.39, 0.29) is 0 Å². The quantitative estimate of drug-likeness (QED) is 0.460. The molecule has 0 aliphatic carbocycles. The largest absolute Gasteiger partial charge is 0.272 e. The fourth-order valence-corrected chi connectivity index (χ4v) is 1.92. The zero-order chi connectivity index (χ0) is 12.3. The first kappa shape index (κ1) is 11.5. The van der Waals surface area contributed by atoms with Crippen molar-refractivity contribution in [2.45, 2.75) is 6.92 Å². The molecule has 0 saturated heterocycles. The van der Waals surface area contributed by atoms with E-state index in [1.807, 2.05) is 17.5 Å². The molecule has 88 valence electrons. The highest BCUT2D eigenvalue weighted by Crippen LogP contribution is 2.09. The molecule has 0 bridgehead atoms. The minimum absolute atomic E-state index is 0.438. The van der Waals surface area contributed by atoms with Gasteiger partial charge in [-0.05, 0) is 18.4 Å². The van der Waals surface area contributed by atoms with Crippen LogP contribution in [0, 0.1) is 5.92 Å². The summed E-state index contributed by atoms with van der Waals surface area (Å²) >= 11 is 1.53. The Bertz CT molecular complexity index is 492. The van der Waals surface area contributed by atoms with Crippen LogP contribution in [0.1, 0.15) is 11.8 Å². The van der Waals surface area contributed by atoms with Crippen LogP contribution in [0.15, 0.2) is 27.7 Å². The number of rotatable bonds is 3. The lowest BCUT2D eigenvalue weighted by Gasteiger charge is -2.03. The molecule has 0 aromatic carbocycles. The third-order valence-corrected chi connectivity index (χ3v) is 3.15. The van der Waals surface area contributed by atoms with Crippen molar-refractivity contribution in [3.8, 4) is 0 Å². The Labute approximate surface area is 101 Å². The molecule has 2 heterocycles. The summed E-state index contributed by atoms with van der Waals surface area (Å²) in [5.41, 5.74) is 5.23. The summed E-state index contributed by atoms with van der Waals surface area (Å²) in [6.45, 7) is 1.79. The molecule has 1 aliphatic heterocycles. The van der Waals surface area contributed by atoms with Crippen LogP contribution in [-0.2, 0) is 9.59 Å². The lowest BCUT2D eigenvalue weighted by Crippen LogP contribution is -2.34. The van der Waals surface area contributed by atoms with Crippen LogP contribution in [0.5, 0.6) is 0 Å². The van der Waals surface area contributed by atoms with E-state index in [0.29, 0.717) is 5.71 Å². The Kier molecular flexibility index (Phi) is 3.29. The van der Waals surface area contributed by atoms with Crippen molar-refractivity contribution in [3.05, 3.63) is 22.4 Å². The molecule has 0 radical (unpaired) electrons. The summed E-state index contributed by atoms with van der Waals surface area (Å²) < 4.78 is 0. The van der Waals surface area contributed by atoms with Gasteiger partial charge in [-0.2, -0.15) is 10.2 Å². The van der Waals surface area contributed by atoms with Crippen LogP contribution < -0.4 is 10.9 Å². The summed E-state index contributed by atoms with van der Waals surface area (Å²) in [4.78, 5) is 23.7. The van der Waals surface area contributed by atoms with Crippen molar-refractivity contribution in [2.24, 2.45) is 16.1 Å². The van der Waals surface area contributed by atoms with Gasteiger partial charge in [0.1, 0.15) is 0 Å². The number of hydrogen-bond donors (Lipinski definition) is 2. The summed E-state index contributed by atoms with van der Waals surface area (Å²) in [5.74, 6) is -1.82. The lowest BCUT2D eigenvalue weighted by molar-refractivity contribution is -0.131. The Morgan fingerprint density at radius 3 is 3.06 bits per heavy atom. The van der Waals surface area contributed by atoms with Gasteiger partial charge < -0.3 is 0 Å². The topological polar surface area (TPSA) is 82.9 Å². The molecule has 2 N–H and O–H groups in total. The van der Waals surface area contributed by atoms with Crippen LogP contribution in [0.3, 0.4) is 0 Å². The second-order valence-electron chi connectivity index (χ2n) is 3.38. The summed E-state index contributed by atoms with van der Waals surface area (Å²) in [5, 5.41) is 9.37. The monoisotopic (exact) mass is 250 g/mol. The summed E-state index contributed by atoms with van der Waals surface area (Å²) in [6.07, 6.45) is 1.26. The van der Waals surface area contributed by atoms with Gasteiger partial charge in [-0.25, -0.2) is 10.9 Å². The zero-order valence-electron chi connectivity index (χ0n) is 9.01. The molecular formula is C10H10N4O2S. The van der Waals surface area contributed by atoms with Crippen LogP contribution in [0.25, 0.3) is 0 Å². The Balaban J connectivity index is 1.98. The minimum atomic E-state index is -0.894. The third-order valence-electron chi connectivity index (χ3n) is 2.17. The highest BCUT2D eigenvalue weighted by atomic mass is 32.1. The molecular weight excluding hydrogens is 240 g/mol. The lowest BCUT2D eigenvalue weighted by atomic mass is 10.1. The van der Waals surface area contributed by atoms with Crippen LogP contribution in [0.2, 0.25) is 0 Å². The highest BCUT2D eigenvalue weighted by Gasteiger charge is 2.28. The smallest absolute Gasteiger partial charge is 0.258 e. The Morgan fingerprint density at radius 1 is 1.65 bits per heavy atom. The van der Waals surface area contributed by atoms with Crippen molar-refractivity contribution in [2.75, 3.05) is 0 Å². The second kappa shape index (κ2) is 4.88. The number of nitrogens with zero attached hydrogens (tertiary/aromatic N) is 2. The number of carbonyl (C=O) groups excluding carboxylic acids is 2. The third kappa shape index (κ3) is 2.56. The summed E-state index contributed by atoms with van der Waals surface area (Å²) in [6, 6.07) is 3.80. The molecule has 2 rings (SSSR count). The molecule has 7 heteroatoms. The molecule has 1 aromatic heterocycles. The van der Waals surface area contributed by atoms with Crippen LogP contribution in [0.4, 0.5) is 0 Å². The average molecular weight is 250 g/mol. The van der Waals surface area contributed by atoms with Gasteiger partial charge in [-0.1, -0.05) is 6.07 Å². The SMILES string of the molecule is C/C(=N/NC(=O)[C@@H]1C=NNC1=O)c1cccs1. The second-order valence-corrected chi connectivity index (χ2v) is 4.33. The van der Waals surface area contributed by atoms with Gasteiger partial charge in [0.05, 0.1) is 5.71 Å². The summed E-state index contributed by atoms with van der Waals surface area (Å²) in [7, 11) is 0. The number of hydrogen-bond acceptors (Lipinski definition) is 5. The van der Waals surface area contributed by atoms with Gasteiger partial charge in [0.2, 0.25) is 0 Å². The first-order chi connectivity index (χ1) is 8.18. The Hall–Kier alpha value is -2.02. The molecule has 0 saturated carbocycles. The maximum Gasteiger partial charge on any atom is 0.258 e. The molecule has 0 fully saturated rings. The van der Waals surface area contributed by atoms with Gasteiger partial charge in [0.15, 0.2) is 5.92 Å². The van der Waals surface area contributed by atoms with Crippen LogP contribution >= 0.6 is 11.3 Å². The van der Waals surface area contributed by atoms with Gasteiger partial charge in [-0.3, -0.25) is 9.59 Å². The van der Waals surface area contributed by atoms with Gasteiger partial charge >= 0.3 is 0 Å². The molecule has 1 aliphatic rings. The molecule has 6 nitrogen and oxygen atoms in total. The Morgan fingerprint density at radius 2 is 2.47 bits per heavy atom. The van der Waals surface area contributed by atoms with E-state index in [9.17, 15) is 9.59 Å². The average Bonchev–Trinajstić information content (AvgIpc) is 2.95. The van der Waals surface area contributed by atoms with Gasteiger partial charge in [0.25, 0.3) is 11.8 Å². The van der Waals surface area contributed by atoms with Crippen molar-refractivity contribution in [3.63, 3.8) is 0 Å². The predicted molar refractivity (Wildman–Crippen MR) is 64.8 cm³/mol. The standard InChI is InChI=1S/C10H10N4O2S/c1-6(8-3-2-4-17-8)12-14-10(16)7-5-11-13-9(7)15/h2-5,7H,1H3,(H,13,15)(H,14,16)/b12-6-/t7-/m1/s1. The predicted octanol–water partition coefficient (Wildman–Crippen LogP) is 0.320. The van der Waals surface area contributed by atoms with E-state index < -0.39 is 17.7 Å². The fraction of sp³-hybridized carbons (Fsp3) is 0.200. The number of carbonyl (C=O) groups is 2. The maximum absolute atomic E-state index is 11.6. The molecule has 0 unspecified atom stereocenters. The molecule has 0 spiro atoms. The first-order valence-electron chi connectivity index (χ1n) is 4.89. The maximum atomic E-state index is 11.6. The number of hydrazone groups is 2. The molecule has 1 aromatic rings. The highest BCUT2D eigenvalue weighted by molar-refractivity contribution is 7.12. The zero-order valence-corrected chi connectivity index (χ0v) is 9.82. The van der Waals surface area contributed by atoms with Crippen LogP contribution in [-0.4, -0.2) is 23.7 Å². The molecule has 2 amide bonds. The number of amides is 2. The van der Waals surface area contributed by atoms with Gasteiger partial charge in [-0.15, -0.1) is 11.3 Å². The van der Waals surface area contributed by atoms with Crippen molar-refractivity contribution in [1.29, 1.82) is 0 Å². The van der Waals surface area contributed by atoms with Crippen molar-refractivity contribution < 1.29 is 9.59 Å². The normalized spacial score (nSPS) is 19.2. The number of thiophene rings is 1. The van der Waals surface area contributed by atoms with E-state index in [0.717, 1.165) is 4.88 Å². The molecule has 1 atom stereocenters.